The van der Waals surface area contributed by atoms with E-state index in [2.05, 4.69) is 4.72 Å². The molecule has 0 radical (unpaired) electrons. The van der Waals surface area contributed by atoms with Gasteiger partial charge >= 0.3 is 5.97 Å². The van der Waals surface area contributed by atoms with Crippen LogP contribution in [-0.4, -0.2) is 24.0 Å². The fourth-order valence-corrected chi connectivity index (χ4v) is 3.92. The molecule has 3 aromatic rings. The molecule has 0 fully saturated rings. The summed E-state index contributed by atoms with van der Waals surface area (Å²) in [5, 5.41) is 10.5. The van der Waals surface area contributed by atoms with Gasteiger partial charge in [0.25, 0.3) is 0 Å². The summed E-state index contributed by atoms with van der Waals surface area (Å²) in [5.74, 6) is 0.0513. The zero-order valence-corrected chi connectivity index (χ0v) is 19.7. The van der Waals surface area contributed by atoms with Gasteiger partial charge in [-0.25, -0.2) is 4.79 Å². The number of hydrogen-bond donors (Lipinski definition) is 2. The van der Waals surface area contributed by atoms with Crippen molar-refractivity contribution in [2.75, 3.05) is 11.8 Å². The molecule has 0 unspecified atom stereocenters. The molecule has 0 amide bonds. The minimum Gasteiger partial charge on any atom is -0.507 e. The Bertz CT molecular complexity index is 1130. The molecular formula is C26H27NO5S. The summed E-state index contributed by atoms with van der Waals surface area (Å²) in [5.41, 5.74) is 3.24. The van der Waals surface area contributed by atoms with Crippen LogP contribution in [0.1, 0.15) is 52.1 Å². The van der Waals surface area contributed by atoms with Crippen molar-refractivity contribution < 1.29 is 24.2 Å². The summed E-state index contributed by atoms with van der Waals surface area (Å²) in [6, 6.07) is 18.4. The number of anilines is 1. The summed E-state index contributed by atoms with van der Waals surface area (Å²) in [7, 11) is 1.36. The van der Waals surface area contributed by atoms with Crippen LogP contribution in [0, 0.1) is 0 Å². The SMILES string of the molecule is CCCc1c(OCc2ccc(SNc3cccc(C(=O)OC)c3)cc2)ccc(C(C)=O)c1O. The monoisotopic (exact) mass is 465 g/mol. The number of methoxy groups -OCH3 is 1. The van der Waals surface area contributed by atoms with E-state index in [4.69, 9.17) is 9.47 Å². The van der Waals surface area contributed by atoms with Gasteiger partial charge in [-0.2, -0.15) is 0 Å². The van der Waals surface area contributed by atoms with Gasteiger partial charge in [0, 0.05) is 16.1 Å². The van der Waals surface area contributed by atoms with Gasteiger partial charge in [-0.15, -0.1) is 0 Å². The van der Waals surface area contributed by atoms with Crippen molar-refractivity contribution in [3.8, 4) is 11.5 Å². The molecule has 0 aliphatic carbocycles. The van der Waals surface area contributed by atoms with Crippen LogP contribution in [0.3, 0.4) is 0 Å². The van der Waals surface area contributed by atoms with Gasteiger partial charge in [-0.3, -0.25) is 4.79 Å². The van der Waals surface area contributed by atoms with E-state index in [1.54, 1.807) is 30.3 Å². The summed E-state index contributed by atoms with van der Waals surface area (Å²) in [4.78, 5) is 24.4. The molecule has 0 bridgehead atoms. The van der Waals surface area contributed by atoms with E-state index in [1.807, 2.05) is 37.3 Å². The van der Waals surface area contributed by atoms with E-state index in [0.717, 1.165) is 22.6 Å². The molecule has 3 aromatic carbocycles. The third-order valence-electron chi connectivity index (χ3n) is 5.01. The number of benzene rings is 3. The predicted octanol–water partition coefficient (Wildman–Crippen LogP) is 6.03. The van der Waals surface area contributed by atoms with Crippen LogP contribution < -0.4 is 9.46 Å². The highest BCUT2D eigenvalue weighted by Gasteiger charge is 2.16. The van der Waals surface area contributed by atoms with Crippen molar-refractivity contribution in [2.45, 2.75) is 38.2 Å². The fourth-order valence-electron chi connectivity index (χ4n) is 3.29. The van der Waals surface area contributed by atoms with Crippen molar-refractivity contribution in [3.05, 3.63) is 82.9 Å². The quantitative estimate of drug-likeness (QED) is 0.215. The molecule has 33 heavy (non-hydrogen) atoms. The van der Waals surface area contributed by atoms with Crippen molar-refractivity contribution in [1.29, 1.82) is 0 Å². The number of Topliss-reactive ketones (excluding diaryl/α,β-unsaturated/α-hetero) is 1. The van der Waals surface area contributed by atoms with Gasteiger partial charge in [-0.1, -0.05) is 31.5 Å². The number of carbonyl (C=O) groups is 2. The summed E-state index contributed by atoms with van der Waals surface area (Å²) < 4.78 is 13.9. The third kappa shape index (κ3) is 6.29. The smallest absolute Gasteiger partial charge is 0.337 e. The molecular weight excluding hydrogens is 438 g/mol. The van der Waals surface area contributed by atoms with Crippen molar-refractivity contribution in [1.82, 2.24) is 0 Å². The molecule has 0 saturated heterocycles. The second-order valence-electron chi connectivity index (χ2n) is 7.45. The standard InChI is InChI=1S/C26H27NO5S/c1-4-6-23-24(14-13-22(17(2)28)25(23)29)32-16-18-9-11-21(12-10-18)33-27-20-8-5-7-19(15-20)26(30)31-3/h5,7-15,27,29H,4,6,16H2,1-3H3. The first-order valence-corrected chi connectivity index (χ1v) is 11.4. The molecule has 6 nitrogen and oxygen atoms in total. The zero-order valence-electron chi connectivity index (χ0n) is 18.9. The molecule has 0 saturated carbocycles. The maximum Gasteiger partial charge on any atom is 0.337 e. The number of esters is 1. The highest BCUT2D eigenvalue weighted by atomic mass is 32.2. The van der Waals surface area contributed by atoms with E-state index in [9.17, 15) is 14.7 Å². The molecule has 3 rings (SSSR count). The molecule has 7 heteroatoms. The molecule has 0 heterocycles. The van der Waals surface area contributed by atoms with Gasteiger partial charge in [0.15, 0.2) is 5.78 Å². The number of ketones is 1. The number of aromatic hydroxyl groups is 1. The van der Waals surface area contributed by atoms with Crippen LogP contribution in [0.4, 0.5) is 5.69 Å². The lowest BCUT2D eigenvalue weighted by Gasteiger charge is -2.15. The highest BCUT2D eigenvalue weighted by molar-refractivity contribution is 8.00. The molecule has 0 aliphatic heterocycles. The minimum atomic E-state index is -0.376. The van der Waals surface area contributed by atoms with E-state index in [0.29, 0.717) is 35.5 Å². The normalized spacial score (nSPS) is 10.5. The van der Waals surface area contributed by atoms with E-state index in [-0.39, 0.29) is 17.5 Å². The van der Waals surface area contributed by atoms with Crippen LogP contribution in [0.25, 0.3) is 0 Å². The highest BCUT2D eigenvalue weighted by Crippen LogP contribution is 2.33. The lowest BCUT2D eigenvalue weighted by Crippen LogP contribution is -2.02. The van der Waals surface area contributed by atoms with Crippen molar-refractivity contribution in [3.63, 3.8) is 0 Å². The van der Waals surface area contributed by atoms with Crippen LogP contribution >= 0.6 is 11.9 Å². The van der Waals surface area contributed by atoms with Crippen molar-refractivity contribution >= 4 is 29.4 Å². The molecule has 172 valence electrons. The first-order valence-electron chi connectivity index (χ1n) is 10.6. The molecule has 0 atom stereocenters. The number of rotatable bonds is 10. The zero-order chi connectivity index (χ0) is 23.8. The van der Waals surface area contributed by atoms with Gasteiger partial charge in [-0.05, 0) is 73.3 Å². The minimum absolute atomic E-state index is 0.0101. The Hall–Kier alpha value is -3.45. The average Bonchev–Trinajstić information content (AvgIpc) is 2.83. The lowest BCUT2D eigenvalue weighted by atomic mass is 10.0. The summed E-state index contributed by atoms with van der Waals surface area (Å²) >= 11 is 1.43. The number of carbonyl (C=O) groups excluding carboxylic acids is 2. The Morgan fingerprint density at radius 2 is 1.82 bits per heavy atom. The Kier molecular flexibility index (Phi) is 8.38. The Labute approximate surface area is 198 Å². The second-order valence-corrected chi connectivity index (χ2v) is 8.33. The summed E-state index contributed by atoms with van der Waals surface area (Å²) in [6.07, 6.45) is 1.45. The van der Waals surface area contributed by atoms with Gasteiger partial charge in [0.05, 0.1) is 18.2 Å². The number of ether oxygens (including phenoxy) is 2. The molecule has 0 aromatic heterocycles. The fraction of sp³-hybridized carbons (Fsp3) is 0.231. The largest absolute Gasteiger partial charge is 0.507 e. The third-order valence-corrected chi connectivity index (χ3v) is 5.85. The number of phenols is 1. The lowest BCUT2D eigenvalue weighted by molar-refractivity contribution is 0.0600. The topological polar surface area (TPSA) is 84.9 Å². The Morgan fingerprint density at radius 3 is 2.48 bits per heavy atom. The first-order chi connectivity index (χ1) is 15.9. The van der Waals surface area contributed by atoms with Gasteiger partial charge < -0.3 is 19.3 Å². The van der Waals surface area contributed by atoms with Crippen LogP contribution in [-0.2, 0) is 17.8 Å². The van der Waals surface area contributed by atoms with Gasteiger partial charge in [0.1, 0.15) is 18.1 Å². The number of nitrogens with one attached hydrogen (secondary N) is 1. The van der Waals surface area contributed by atoms with Crippen LogP contribution in [0.15, 0.2) is 65.6 Å². The molecule has 0 aliphatic rings. The van der Waals surface area contributed by atoms with E-state index >= 15 is 0 Å². The Morgan fingerprint density at radius 1 is 1.06 bits per heavy atom. The summed E-state index contributed by atoms with van der Waals surface area (Å²) in [6.45, 7) is 3.80. The van der Waals surface area contributed by atoms with E-state index in [1.165, 1.54) is 26.0 Å². The number of hydrogen-bond acceptors (Lipinski definition) is 7. The van der Waals surface area contributed by atoms with Crippen LogP contribution in [0.5, 0.6) is 11.5 Å². The Balaban J connectivity index is 1.62. The predicted molar refractivity (Wildman–Crippen MR) is 130 cm³/mol. The average molecular weight is 466 g/mol. The first kappa shape index (κ1) is 24.2. The second kappa shape index (κ2) is 11.4. The molecule has 2 N–H and O–H groups in total. The maximum absolute atomic E-state index is 11.7. The maximum atomic E-state index is 11.7. The van der Waals surface area contributed by atoms with E-state index < -0.39 is 0 Å². The van der Waals surface area contributed by atoms with Crippen molar-refractivity contribution in [2.24, 2.45) is 0 Å². The van der Waals surface area contributed by atoms with Crippen LogP contribution in [0.2, 0.25) is 0 Å². The van der Waals surface area contributed by atoms with Gasteiger partial charge in [0.2, 0.25) is 0 Å². The molecule has 0 spiro atoms. The number of phenolic OH excluding ortho intramolecular Hbond substituents is 1.